The Morgan fingerprint density at radius 2 is 2.06 bits per heavy atom. The summed E-state index contributed by atoms with van der Waals surface area (Å²) in [6.07, 6.45) is 4.16. The van der Waals surface area contributed by atoms with Crippen LogP contribution >= 0.6 is 0 Å². The summed E-state index contributed by atoms with van der Waals surface area (Å²) in [5.74, 6) is -0.193. The number of rotatable bonds is 6. The standard InChI is InChI=1S/C12H21NO3/c1-3-13(9(2)7-12(15)16)11(14)8-10-5-4-6-10/h9-10H,3-8H2,1-2H3,(H,15,16). The first-order valence-electron chi connectivity index (χ1n) is 6.05. The van der Waals surface area contributed by atoms with Gasteiger partial charge in [-0.15, -0.1) is 0 Å². The number of nitrogens with zero attached hydrogens (tertiary/aromatic N) is 1. The summed E-state index contributed by atoms with van der Waals surface area (Å²) >= 11 is 0. The molecule has 0 heterocycles. The molecule has 4 nitrogen and oxygen atoms in total. The molecular weight excluding hydrogens is 206 g/mol. The average Bonchev–Trinajstić information content (AvgIpc) is 2.11. The second-order valence-corrected chi connectivity index (χ2v) is 4.63. The Morgan fingerprint density at radius 1 is 1.44 bits per heavy atom. The zero-order valence-corrected chi connectivity index (χ0v) is 10.1. The van der Waals surface area contributed by atoms with Gasteiger partial charge in [-0.25, -0.2) is 0 Å². The number of hydrogen-bond acceptors (Lipinski definition) is 2. The van der Waals surface area contributed by atoms with Crippen LogP contribution in [0.3, 0.4) is 0 Å². The normalized spacial score (nSPS) is 17.6. The Bertz CT molecular complexity index is 261. The molecule has 0 aliphatic heterocycles. The van der Waals surface area contributed by atoms with E-state index < -0.39 is 5.97 Å². The minimum absolute atomic E-state index is 0.0320. The molecule has 92 valence electrons. The zero-order chi connectivity index (χ0) is 12.1. The fourth-order valence-electron chi connectivity index (χ4n) is 2.16. The molecule has 16 heavy (non-hydrogen) atoms. The lowest BCUT2D eigenvalue weighted by Gasteiger charge is -2.31. The average molecular weight is 227 g/mol. The minimum atomic E-state index is -0.845. The van der Waals surface area contributed by atoms with Crippen LogP contribution < -0.4 is 0 Å². The van der Waals surface area contributed by atoms with Crippen LogP contribution in [0.4, 0.5) is 0 Å². The maximum Gasteiger partial charge on any atom is 0.305 e. The SMILES string of the molecule is CCN(C(=O)CC1CCC1)C(C)CC(=O)O. The quantitative estimate of drug-likeness (QED) is 0.753. The molecule has 1 rings (SSSR count). The highest BCUT2D eigenvalue weighted by Gasteiger charge is 2.26. The number of aliphatic carboxylic acids is 1. The van der Waals surface area contributed by atoms with Crippen LogP contribution in [0.2, 0.25) is 0 Å². The van der Waals surface area contributed by atoms with Crippen LogP contribution in [0.15, 0.2) is 0 Å². The van der Waals surface area contributed by atoms with Gasteiger partial charge in [-0.05, 0) is 32.6 Å². The van der Waals surface area contributed by atoms with Crippen molar-refractivity contribution in [2.75, 3.05) is 6.54 Å². The highest BCUT2D eigenvalue weighted by atomic mass is 16.4. The van der Waals surface area contributed by atoms with Gasteiger partial charge in [0.1, 0.15) is 0 Å². The van der Waals surface area contributed by atoms with Crippen LogP contribution in [0.1, 0.15) is 46.0 Å². The van der Waals surface area contributed by atoms with Crippen molar-refractivity contribution in [3.05, 3.63) is 0 Å². The largest absolute Gasteiger partial charge is 0.481 e. The molecule has 0 saturated heterocycles. The molecule has 1 unspecified atom stereocenters. The van der Waals surface area contributed by atoms with E-state index in [1.807, 2.05) is 6.92 Å². The van der Waals surface area contributed by atoms with E-state index in [9.17, 15) is 9.59 Å². The molecular formula is C12H21NO3. The van der Waals surface area contributed by atoms with Gasteiger partial charge in [0.05, 0.1) is 6.42 Å². The summed E-state index contributed by atoms with van der Waals surface area (Å²) in [5.41, 5.74) is 0. The molecule has 4 heteroatoms. The van der Waals surface area contributed by atoms with E-state index in [0.29, 0.717) is 18.9 Å². The third-order valence-electron chi connectivity index (χ3n) is 3.35. The predicted octanol–water partition coefficient (Wildman–Crippen LogP) is 1.89. The Kier molecular flexibility index (Phi) is 4.77. The van der Waals surface area contributed by atoms with E-state index in [0.717, 1.165) is 12.8 Å². The number of carboxylic acid groups (broad SMARTS) is 1. The molecule has 0 radical (unpaired) electrons. The van der Waals surface area contributed by atoms with Gasteiger partial charge in [0, 0.05) is 19.0 Å². The van der Waals surface area contributed by atoms with Crippen molar-refractivity contribution in [2.45, 2.75) is 52.0 Å². The molecule has 1 saturated carbocycles. The lowest BCUT2D eigenvalue weighted by atomic mass is 9.82. The maximum absolute atomic E-state index is 11.9. The lowest BCUT2D eigenvalue weighted by molar-refractivity contribution is -0.140. The van der Waals surface area contributed by atoms with Crippen LogP contribution in [0.25, 0.3) is 0 Å². The number of carbonyl (C=O) groups excluding carboxylic acids is 1. The van der Waals surface area contributed by atoms with Crippen LogP contribution in [-0.2, 0) is 9.59 Å². The van der Waals surface area contributed by atoms with Gasteiger partial charge in [0.15, 0.2) is 0 Å². The van der Waals surface area contributed by atoms with E-state index in [4.69, 9.17) is 5.11 Å². The van der Waals surface area contributed by atoms with Gasteiger partial charge >= 0.3 is 5.97 Å². The summed E-state index contributed by atoms with van der Waals surface area (Å²) < 4.78 is 0. The summed E-state index contributed by atoms with van der Waals surface area (Å²) in [5, 5.41) is 8.71. The molecule has 1 fully saturated rings. The first-order chi connectivity index (χ1) is 7.54. The molecule has 1 amide bonds. The monoisotopic (exact) mass is 227 g/mol. The molecule has 1 N–H and O–H groups in total. The Balaban J connectivity index is 2.44. The predicted molar refractivity (Wildman–Crippen MR) is 61.1 cm³/mol. The van der Waals surface area contributed by atoms with Crippen molar-refractivity contribution < 1.29 is 14.7 Å². The van der Waals surface area contributed by atoms with E-state index in [1.165, 1.54) is 6.42 Å². The summed E-state index contributed by atoms with van der Waals surface area (Å²) in [4.78, 5) is 24.2. The van der Waals surface area contributed by atoms with Crippen molar-refractivity contribution in [3.63, 3.8) is 0 Å². The van der Waals surface area contributed by atoms with Crippen LogP contribution in [0.5, 0.6) is 0 Å². The van der Waals surface area contributed by atoms with Crippen molar-refractivity contribution in [1.29, 1.82) is 0 Å². The van der Waals surface area contributed by atoms with Crippen LogP contribution in [0, 0.1) is 5.92 Å². The smallest absolute Gasteiger partial charge is 0.305 e. The summed E-state index contributed by atoms with van der Waals surface area (Å²) in [6, 6.07) is -0.199. The molecule has 0 bridgehead atoms. The van der Waals surface area contributed by atoms with E-state index >= 15 is 0 Å². The number of carbonyl (C=O) groups is 2. The van der Waals surface area contributed by atoms with Gasteiger partial charge in [-0.2, -0.15) is 0 Å². The molecule has 1 aliphatic rings. The van der Waals surface area contributed by atoms with Crippen molar-refractivity contribution in [2.24, 2.45) is 5.92 Å². The third-order valence-corrected chi connectivity index (χ3v) is 3.35. The zero-order valence-electron chi connectivity index (χ0n) is 10.1. The number of hydrogen-bond donors (Lipinski definition) is 1. The van der Waals surface area contributed by atoms with Crippen molar-refractivity contribution in [1.82, 2.24) is 4.90 Å². The first-order valence-corrected chi connectivity index (χ1v) is 6.05. The molecule has 0 spiro atoms. The van der Waals surface area contributed by atoms with Crippen molar-refractivity contribution in [3.8, 4) is 0 Å². The summed E-state index contributed by atoms with van der Waals surface area (Å²) in [6.45, 7) is 4.30. The lowest BCUT2D eigenvalue weighted by Crippen LogP contribution is -2.40. The number of amides is 1. The van der Waals surface area contributed by atoms with Gasteiger partial charge in [-0.1, -0.05) is 6.42 Å². The molecule has 0 aromatic heterocycles. The van der Waals surface area contributed by atoms with Crippen LogP contribution in [-0.4, -0.2) is 34.5 Å². The first kappa shape index (κ1) is 13.0. The molecule has 0 aromatic carbocycles. The fraction of sp³-hybridized carbons (Fsp3) is 0.833. The maximum atomic E-state index is 11.9. The highest BCUT2D eigenvalue weighted by Crippen LogP contribution is 2.30. The fourth-order valence-corrected chi connectivity index (χ4v) is 2.16. The van der Waals surface area contributed by atoms with E-state index in [2.05, 4.69) is 0 Å². The van der Waals surface area contributed by atoms with Gasteiger partial charge < -0.3 is 10.0 Å². The highest BCUT2D eigenvalue weighted by molar-refractivity contribution is 5.77. The van der Waals surface area contributed by atoms with Gasteiger partial charge in [0.2, 0.25) is 5.91 Å². The topological polar surface area (TPSA) is 57.6 Å². The van der Waals surface area contributed by atoms with E-state index in [1.54, 1.807) is 11.8 Å². The van der Waals surface area contributed by atoms with E-state index in [-0.39, 0.29) is 18.4 Å². The van der Waals surface area contributed by atoms with Gasteiger partial charge in [-0.3, -0.25) is 9.59 Å². The minimum Gasteiger partial charge on any atom is -0.481 e. The summed E-state index contributed by atoms with van der Waals surface area (Å²) in [7, 11) is 0. The Labute approximate surface area is 96.6 Å². The Hall–Kier alpha value is -1.06. The number of carboxylic acids is 1. The molecule has 0 aromatic rings. The molecule has 1 aliphatic carbocycles. The Morgan fingerprint density at radius 3 is 2.44 bits per heavy atom. The van der Waals surface area contributed by atoms with Gasteiger partial charge in [0.25, 0.3) is 0 Å². The second-order valence-electron chi connectivity index (χ2n) is 4.63. The third kappa shape index (κ3) is 3.51. The van der Waals surface area contributed by atoms with Crippen molar-refractivity contribution >= 4 is 11.9 Å². The second kappa shape index (κ2) is 5.87. The molecule has 1 atom stereocenters.